The number of carboxylic acids is 1. The Labute approximate surface area is 249 Å². The van der Waals surface area contributed by atoms with Gasteiger partial charge >= 0.3 is 0 Å². The molecular weight excluding hydrogens is 563 g/mol. The molecule has 4 aromatic carbocycles. The Kier molecular flexibility index (Phi) is 7.72. The number of aliphatic carboxylic acids is 1. The lowest BCUT2D eigenvalue weighted by atomic mass is 10.0. The number of carbonyl (C=O) groups is 3. The second-order valence-electron chi connectivity index (χ2n) is 10.3. The lowest BCUT2D eigenvalue weighted by Crippen LogP contribution is -2.72. The normalized spacial score (nSPS) is 20.0. The maximum absolute atomic E-state index is 13.7. The zero-order valence-corrected chi connectivity index (χ0v) is 24.6. The minimum Gasteiger partial charge on any atom is -0.543 e. The van der Waals surface area contributed by atoms with Crippen molar-refractivity contribution in [3.63, 3.8) is 0 Å². The Bertz CT molecular complexity index is 1550. The fraction of sp³-hybridized carbons (Fsp3) is 0.147. The Morgan fingerprint density at radius 3 is 1.69 bits per heavy atom. The Morgan fingerprint density at radius 2 is 1.24 bits per heavy atom. The molecule has 1 N–H and O–H groups in total. The van der Waals surface area contributed by atoms with Crippen LogP contribution in [-0.2, 0) is 20.8 Å². The highest BCUT2D eigenvalue weighted by atomic mass is 32.2. The van der Waals surface area contributed by atoms with Crippen molar-refractivity contribution in [1.82, 2.24) is 10.2 Å². The second kappa shape index (κ2) is 11.6. The van der Waals surface area contributed by atoms with Gasteiger partial charge in [-0.3, -0.25) is 14.5 Å². The van der Waals surface area contributed by atoms with Crippen LogP contribution in [0, 0.1) is 0 Å². The van der Waals surface area contributed by atoms with Gasteiger partial charge in [0.2, 0.25) is 5.91 Å². The number of nitrogens with zero attached hydrogens (tertiary/aromatic N) is 1. The van der Waals surface area contributed by atoms with Gasteiger partial charge in [0.1, 0.15) is 45.6 Å². The molecule has 4 aromatic rings. The molecule has 0 radical (unpaired) electrons. The highest BCUT2D eigenvalue weighted by molar-refractivity contribution is 8.04. The number of nitrogens with one attached hydrogen (secondary N) is 1. The van der Waals surface area contributed by atoms with E-state index in [2.05, 4.69) is 5.32 Å². The summed E-state index contributed by atoms with van der Waals surface area (Å²) in [5, 5.41) is 18.8. The second-order valence-corrected chi connectivity index (χ2v) is 15.1. The minimum atomic E-state index is -2.79. The monoisotopic (exact) mass is 592 g/mol. The molecule has 0 spiro atoms. The van der Waals surface area contributed by atoms with E-state index in [1.807, 2.05) is 128 Å². The third kappa shape index (κ3) is 4.73. The highest BCUT2D eigenvalue weighted by Crippen LogP contribution is 2.68. The van der Waals surface area contributed by atoms with E-state index in [0.717, 1.165) is 21.5 Å². The van der Waals surface area contributed by atoms with E-state index in [4.69, 9.17) is 0 Å². The average Bonchev–Trinajstić information content (AvgIpc) is 3.02. The van der Waals surface area contributed by atoms with Gasteiger partial charge in [-0.05, 0) is 48.9 Å². The molecule has 3 atom stereocenters. The van der Waals surface area contributed by atoms with E-state index in [0.29, 0.717) is 5.31 Å². The number of fused-ring (bicyclic) bond motifs is 1. The third-order valence-electron chi connectivity index (χ3n) is 7.76. The maximum atomic E-state index is 13.7. The number of thioether (sulfide) groups is 1. The van der Waals surface area contributed by atoms with Gasteiger partial charge in [-0.2, -0.15) is 0 Å². The third-order valence-corrected chi connectivity index (χ3v) is 13.9. The first-order valence-corrected chi connectivity index (χ1v) is 16.5. The molecule has 2 aliphatic rings. The molecular formula is C34H29N2O4PS. The van der Waals surface area contributed by atoms with Crippen molar-refractivity contribution in [1.29, 1.82) is 0 Å². The Morgan fingerprint density at radius 1 is 0.786 bits per heavy atom. The first kappa shape index (κ1) is 28.0. The van der Waals surface area contributed by atoms with Gasteiger partial charge in [0, 0.05) is 0 Å². The van der Waals surface area contributed by atoms with Crippen molar-refractivity contribution in [2.45, 2.75) is 30.0 Å². The first-order valence-electron chi connectivity index (χ1n) is 13.8. The largest absolute Gasteiger partial charge is 0.543 e. The van der Waals surface area contributed by atoms with Gasteiger partial charge in [0.25, 0.3) is 5.91 Å². The summed E-state index contributed by atoms with van der Waals surface area (Å²) in [6.07, 6.45) is 0.136. The number of carboxylic acid groups (broad SMARTS) is 1. The zero-order valence-electron chi connectivity index (χ0n) is 22.9. The molecule has 2 amide bonds. The molecule has 8 heteroatoms. The van der Waals surface area contributed by atoms with Crippen molar-refractivity contribution in [2.24, 2.45) is 0 Å². The maximum Gasteiger partial charge on any atom is 0.253 e. The molecule has 210 valence electrons. The number of carbonyl (C=O) groups excluding carboxylic acids is 3. The highest BCUT2D eigenvalue weighted by Gasteiger charge is 2.61. The van der Waals surface area contributed by atoms with E-state index in [9.17, 15) is 19.5 Å². The zero-order chi connectivity index (χ0) is 29.3. The average molecular weight is 593 g/mol. The van der Waals surface area contributed by atoms with Crippen LogP contribution in [-0.4, -0.2) is 39.3 Å². The number of rotatable bonds is 8. The van der Waals surface area contributed by atoms with Crippen LogP contribution < -0.4 is 26.3 Å². The number of amides is 2. The van der Waals surface area contributed by atoms with Gasteiger partial charge < -0.3 is 15.2 Å². The fourth-order valence-corrected chi connectivity index (χ4v) is 12.7. The molecule has 0 aromatic heterocycles. The van der Waals surface area contributed by atoms with E-state index in [-0.39, 0.29) is 23.3 Å². The quantitative estimate of drug-likeness (QED) is 0.251. The minimum absolute atomic E-state index is 0.0882. The van der Waals surface area contributed by atoms with Crippen LogP contribution in [0.1, 0.15) is 12.5 Å². The summed E-state index contributed by atoms with van der Waals surface area (Å²) in [6.45, 7) is 2.00. The van der Waals surface area contributed by atoms with E-state index in [1.165, 1.54) is 16.7 Å². The number of hydrogen-bond donors (Lipinski definition) is 1. The molecule has 0 bridgehead atoms. The van der Waals surface area contributed by atoms with Crippen molar-refractivity contribution in [2.75, 3.05) is 0 Å². The van der Waals surface area contributed by atoms with Crippen LogP contribution in [0.3, 0.4) is 0 Å². The van der Waals surface area contributed by atoms with Crippen molar-refractivity contribution < 1.29 is 19.5 Å². The Hall–Kier alpha value is -4.19. The van der Waals surface area contributed by atoms with Crippen LogP contribution in [0.25, 0.3) is 0 Å². The predicted molar refractivity (Wildman–Crippen MR) is 167 cm³/mol. The molecule has 1 fully saturated rings. The summed E-state index contributed by atoms with van der Waals surface area (Å²) in [5.74, 6) is -2.11. The fourth-order valence-electron chi connectivity index (χ4n) is 6.02. The molecule has 2 unspecified atom stereocenters. The van der Waals surface area contributed by atoms with E-state index < -0.39 is 30.6 Å². The lowest BCUT2D eigenvalue weighted by Gasteiger charge is -2.52. The van der Waals surface area contributed by atoms with Gasteiger partial charge in [-0.1, -0.05) is 84.9 Å². The lowest BCUT2D eigenvalue weighted by molar-refractivity contribution is -0.301. The number of β-lactam (4-membered cyclic amide) rings is 1. The van der Waals surface area contributed by atoms with E-state index >= 15 is 0 Å². The standard InChI is InChI=1S/C34H29N2O4PS/c1-23-31(41(25-16-8-3-9-17-25,26-18-10-4-11-19-26)27-20-12-5-13-21-27)30(34(39)40)36-32(38)29(33(36)42-23)35-28(37)22-24-14-6-2-7-15-24/h2-21,23,29,33H,22H2,1H3,(H-,35,37,39,40)/t23?,29?,33-/m1/s1. The molecule has 1 saturated heterocycles. The SMILES string of the molecule is CC1S[C@@H]2C(NC(=O)Cc3ccccc3)C(=O)N2C(C(=O)[O-])=C1[P+](c1ccccc1)(c1ccccc1)c1ccccc1. The molecule has 0 saturated carbocycles. The van der Waals surface area contributed by atoms with E-state index in [1.54, 1.807) is 0 Å². The summed E-state index contributed by atoms with van der Waals surface area (Å²) in [6, 6.07) is 38.4. The summed E-state index contributed by atoms with van der Waals surface area (Å²) < 4.78 is 0. The van der Waals surface area contributed by atoms with Crippen LogP contribution in [0.5, 0.6) is 0 Å². The summed E-state index contributed by atoms with van der Waals surface area (Å²) >= 11 is 1.51. The van der Waals surface area contributed by atoms with Gasteiger partial charge in [0.15, 0.2) is 0 Å². The smallest absolute Gasteiger partial charge is 0.253 e. The van der Waals surface area contributed by atoms with Crippen LogP contribution in [0.4, 0.5) is 0 Å². The Balaban J connectivity index is 1.49. The summed E-state index contributed by atoms with van der Waals surface area (Å²) in [7, 11) is -2.79. The van der Waals surface area contributed by atoms with Crippen LogP contribution in [0.2, 0.25) is 0 Å². The molecule has 6 rings (SSSR count). The van der Waals surface area contributed by atoms with Crippen LogP contribution >= 0.6 is 19.0 Å². The molecule has 6 nitrogen and oxygen atoms in total. The van der Waals surface area contributed by atoms with Crippen molar-refractivity contribution >= 4 is 52.7 Å². The van der Waals surface area contributed by atoms with Gasteiger partial charge in [0.05, 0.1) is 17.6 Å². The predicted octanol–water partition coefficient (Wildman–Crippen LogP) is 2.97. The van der Waals surface area contributed by atoms with Gasteiger partial charge in [-0.25, -0.2) is 0 Å². The van der Waals surface area contributed by atoms with Crippen molar-refractivity contribution in [3.8, 4) is 0 Å². The molecule has 2 heterocycles. The topological polar surface area (TPSA) is 89.5 Å². The number of benzene rings is 4. The molecule has 42 heavy (non-hydrogen) atoms. The van der Waals surface area contributed by atoms with Crippen molar-refractivity contribution in [3.05, 3.63) is 138 Å². The van der Waals surface area contributed by atoms with Gasteiger partial charge in [-0.15, -0.1) is 11.8 Å². The molecule has 0 aliphatic carbocycles. The summed E-state index contributed by atoms with van der Waals surface area (Å²) in [4.78, 5) is 41.0. The number of hydrogen-bond acceptors (Lipinski definition) is 5. The first-order chi connectivity index (χ1) is 20.4. The van der Waals surface area contributed by atoms with Crippen LogP contribution in [0.15, 0.2) is 132 Å². The summed E-state index contributed by atoms with van der Waals surface area (Å²) in [5.41, 5.74) is 0.749. The molecule has 2 aliphatic heterocycles.